The summed E-state index contributed by atoms with van der Waals surface area (Å²) in [5, 5.41) is 34.4. The third kappa shape index (κ3) is 4.08. The summed E-state index contributed by atoms with van der Waals surface area (Å²) in [5.74, 6) is 0. The van der Waals surface area contributed by atoms with Crippen molar-refractivity contribution in [1.29, 1.82) is 0 Å². The molecule has 9 heteroatoms. The molecule has 2 N–H and O–H groups in total. The number of aliphatic hydroxyl groups is 1. The standard InChI is InChI=1S/C14H12N4O5/c19-9-11-3-1-10(2-4-11)8-15-16-13-6-5-12(17(20)21)7-14(13)18(22)23/h1-8,16,19H,9H2. The van der Waals surface area contributed by atoms with Crippen molar-refractivity contribution in [1.82, 2.24) is 0 Å². The molecule has 2 aromatic rings. The Morgan fingerprint density at radius 2 is 1.78 bits per heavy atom. The highest BCUT2D eigenvalue weighted by atomic mass is 16.6. The van der Waals surface area contributed by atoms with Gasteiger partial charge in [0.05, 0.1) is 28.7 Å². The van der Waals surface area contributed by atoms with Gasteiger partial charge in [0.2, 0.25) is 0 Å². The number of benzene rings is 2. The SMILES string of the molecule is O=[N+]([O-])c1ccc(NN=Cc2ccc(CO)cc2)c([N+](=O)[O-])c1. The molecule has 0 aromatic heterocycles. The summed E-state index contributed by atoms with van der Waals surface area (Å²) in [4.78, 5) is 20.2. The number of aliphatic hydroxyl groups excluding tert-OH is 1. The van der Waals surface area contributed by atoms with Gasteiger partial charge < -0.3 is 5.11 Å². The first-order chi connectivity index (χ1) is 11.0. The zero-order chi connectivity index (χ0) is 16.8. The van der Waals surface area contributed by atoms with Crippen molar-refractivity contribution in [2.24, 2.45) is 5.10 Å². The van der Waals surface area contributed by atoms with E-state index < -0.39 is 15.5 Å². The minimum absolute atomic E-state index is 0.0452. The average Bonchev–Trinajstić information content (AvgIpc) is 2.55. The number of non-ortho nitro benzene ring substituents is 1. The van der Waals surface area contributed by atoms with Crippen LogP contribution in [0.2, 0.25) is 0 Å². The van der Waals surface area contributed by atoms with Gasteiger partial charge in [-0.05, 0) is 17.2 Å². The van der Waals surface area contributed by atoms with Crippen LogP contribution in [0.3, 0.4) is 0 Å². The largest absolute Gasteiger partial charge is 0.392 e. The van der Waals surface area contributed by atoms with E-state index in [0.29, 0.717) is 0 Å². The van der Waals surface area contributed by atoms with Crippen molar-refractivity contribution in [2.75, 3.05) is 5.43 Å². The molecule has 0 saturated heterocycles. The van der Waals surface area contributed by atoms with Crippen LogP contribution < -0.4 is 5.43 Å². The van der Waals surface area contributed by atoms with Crippen molar-refractivity contribution in [3.8, 4) is 0 Å². The average molecular weight is 316 g/mol. The normalized spacial score (nSPS) is 10.7. The molecule has 0 aliphatic rings. The first kappa shape index (κ1) is 16.0. The lowest BCUT2D eigenvalue weighted by Gasteiger charge is -2.02. The number of hydrogen-bond donors (Lipinski definition) is 2. The van der Waals surface area contributed by atoms with E-state index in [-0.39, 0.29) is 18.0 Å². The number of nitro benzene ring substituents is 2. The molecule has 0 fully saturated rings. The first-order valence-corrected chi connectivity index (χ1v) is 6.43. The van der Waals surface area contributed by atoms with Gasteiger partial charge in [-0.15, -0.1) is 0 Å². The second-order valence-electron chi connectivity index (χ2n) is 4.49. The van der Waals surface area contributed by atoms with Crippen molar-refractivity contribution < 1.29 is 15.0 Å². The fraction of sp³-hybridized carbons (Fsp3) is 0.0714. The Hall–Kier alpha value is -3.33. The molecule has 0 spiro atoms. The second-order valence-corrected chi connectivity index (χ2v) is 4.49. The summed E-state index contributed by atoms with van der Waals surface area (Å²) < 4.78 is 0. The lowest BCUT2D eigenvalue weighted by atomic mass is 10.1. The Morgan fingerprint density at radius 3 is 2.35 bits per heavy atom. The van der Waals surface area contributed by atoms with E-state index >= 15 is 0 Å². The van der Waals surface area contributed by atoms with E-state index in [9.17, 15) is 20.2 Å². The molecular formula is C14H12N4O5. The van der Waals surface area contributed by atoms with E-state index in [1.165, 1.54) is 12.3 Å². The van der Waals surface area contributed by atoms with Gasteiger partial charge in [-0.3, -0.25) is 25.7 Å². The first-order valence-electron chi connectivity index (χ1n) is 6.43. The topological polar surface area (TPSA) is 131 Å². The summed E-state index contributed by atoms with van der Waals surface area (Å²) in [6.07, 6.45) is 1.44. The number of hydrogen-bond acceptors (Lipinski definition) is 7. The van der Waals surface area contributed by atoms with E-state index in [0.717, 1.165) is 23.3 Å². The van der Waals surface area contributed by atoms with Crippen LogP contribution in [-0.4, -0.2) is 21.2 Å². The van der Waals surface area contributed by atoms with Crippen LogP contribution in [0, 0.1) is 20.2 Å². The lowest BCUT2D eigenvalue weighted by molar-refractivity contribution is -0.393. The Kier molecular flexibility index (Phi) is 4.95. The highest BCUT2D eigenvalue weighted by Crippen LogP contribution is 2.28. The van der Waals surface area contributed by atoms with Crippen LogP contribution in [-0.2, 0) is 6.61 Å². The molecule has 0 bridgehead atoms. The molecule has 0 heterocycles. The van der Waals surface area contributed by atoms with Gasteiger partial charge in [-0.1, -0.05) is 24.3 Å². The quantitative estimate of drug-likeness (QED) is 0.478. The molecule has 2 rings (SSSR count). The maximum Gasteiger partial charge on any atom is 0.301 e. The summed E-state index contributed by atoms with van der Waals surface area (Å²) in [7, 11) is 0. The summed E-state index contributed by atoms with van der Waals surface area (Å²) in [5.41, 5.74) is 3.20. The summed E-state index contributed by atoms with van der Waals surface area (Å²) in [6, 6.07) is 10.1. The van der Waals surface area contributed by atoms with E-state index in [1.54, 1.807) is 24.3 Å². The number of nitrogens with zero attached hydrogens (tertiary/aromatic N) is 3. The lowest BCUT2D eigenvalue weighted by Crippen LogP contribution is -1.98. The third-order valence-corrected chi connectivity index (χ3v) is 2.95. The molecule has 0 unspecified atom stereocenters. The van der Waals surface area contributed by atoms with Gasteiger partial charge in [0.25, 0.3) is 5.69 Å². The van der Waals surface area contributed by atoms with Crippen molar-refractivity contribution >= 4 is 23.3 Å². The smallest absolute Gasteiger partial charge is 0.301 e. The molecule has 0 atom stereocenters. The van der Waals surface area contributed by atoms with Crippen LogP contribution in [0.4, 0.5) is 17.1 Å². The summed E-state index contributed by atoms with van der Waals surface area (Å²) in [6.45, 7) is -0.0648. The molecule has 0 amide bonds. The van der Waals surface area contributed by atoms with Gasteiger partial charge in [0.1, 0.15) is 5.69 Å². The number of anilines is 1. The number of nitrogens with one attached hydrogen (secondary N) is 1. The van der Waals surface area contributed by atoms with Gasteiger partial charge >= 0.3 is 5.69 Å². The maximum atomic E-state index is 11.0. The number of hydrazone groups is 1. The van der Waals surface area contributed by atoms with E-state index in [2.05, 4.69) is 10.5 Å². The van der Waals surface area contributed by atoms with E-state index in [1.807, 2.05) is 0 Å². The highest BCUT2D eigenvalue weighted by molar-refractivity contribution is 5.80. The van der Waals surface area contributed by atoms with Crippen LogP contribution in [0.15, 0.2) is 47.6 Å². The zero-order valence-electron chi connectivity index (χ0n) is 11.7. The molecule has 0 radical (unpaired) electrons. The predicted molar refractivity (Wildman–Crippen MR) is 83.3 cm³/mol. The Balaban J connectivity index is 2.17. The van der Waals surface area contributed by atoms with Gasteiger partial charge in [-0.2, -0.15) is 5.10 Å². The van der Waals surface area contributed by atoms with Crippen molar-refractivity contribution in [3.63, 3.8) is 0 Å². The molecule has 0 aliphatic heterocycles. The van der Waals surface area contributed by atoms with Gasteiger partial charge in [0.15, 0.2) is 0 Å². The molecule has 2 aromatic carbocycles. The minimum Gasteiger partial charge on any atom is -0.392 e. The van der Waals surface area contributed by atoms with Crippen LogP contribution in [0.1, 0.15) is 11.1 Å². The molecule has 0 aliphatic carbocycles. The number of nitro groups is 2. The van der Waals surface area contributed by atoms with Crippen molar-refractivity contribution in [2.45, 2.75) is 6.61 Å². The number of rotatable bonds is 6. The monoisotopic (exact) mass is 316 g/mol. The molecule has 0 saturated carbocycles. The minimum atomic E-state index is -0.721. The Bertz CT molecular complexity index is 758. The predicted octanol–water partition coefficient (Wildman–Crippen LogP) is 2.44. The van der Waals surface area contributed by atoms with Gasteiger partial charge in [-0.25, -0.2) is 0 Å². The maximum absolute atomic E-state index is 11.0. The van der Waals surface area contributed by atoms with Gasteiger partial charge in [0, 0.05) is 6.07 Å². The molecular weight excluding hydrogens is 304 g/mol. The van der Waals surface area contributed by atoms with E-state index in [4.69, 9.17) is 5.11 Å². The molecule has 118 valence electrons. The Morgan fingerprint density at radius 1 is 1.09 bits per heavy atom. The molecule has 9 nitrogen and oxygen atoms in total. The third-order valence-electron chi connectivity index (χ3n) is 2.95. The van der Waals surface area contributed by atoms with Crippen molar-refractivity contribution in [3.05, 3.63) is 73.8 Å². The Labute approximate surface area is 130 Å². The summed E-state index contributed by atoms with van der Waals surface area (Å²) >= 11 is 0. The fourth-order valence-corrected chi connectivity index (χ4v) is 1.76. The zero-order valence-corrected chi connectivity index (χ0v) is 11.7. The second kappa shape index (κ2) is 7.09. The highest BCUT2D eigenvalue weighted by Gasteiger charge is 2.18. The molecule has 23 heavy (non-hydrogen) atoms. The van der Waals surface area contributed by atoms with Crippen LogP contribution in [0.5, 0.6) is 0 Å². The van der Waals surface area contributed by atoms with Crippen LogP contribution in [0.25, 0.3) is 0 Å². The fourth-order valence-electron chi connectivity index (χ4n) is 1.76. The van der Waals surface area contributed by atoms with Crippen LogP contribution >= 0.6 is 0 Å².